The van der Waals surface area contributed by atoms with Crippen LogP contribution in [0.25, 0.3) is 0 Å². The molecule has 3 nitrogen and oxygen atoms in total. The molecular formula is C13H17ClFNO2. The van der Waals surface area contributed by atoms with Gasteiger partial charge in [-0.1, -0.05) is 30.3 Å². The second kappa shape index (κ2) is 7.34. The van der Waals surface area contributed by atoms with Crippen LogP contribution < -0.4 is 5.32 Å². The summed E-state index contributed by atoms with van der Waals surface area (Å²) < 4.78 is 17.1. The summed E-state index contributed by atoms with van der Waals surface area (Å²) in [5.41, 5.74) is -0.754. The molecule has 1 atom stereocenters. The number of hydrogen-bond donors (Lipinski definition) is 1. The molecule has 2 rings (SSSR count). The molecule has 1 aliphatic rings. The van der Waals surface area contributed by atoms with E-state index in [4.69, 9.17) is 11.6 Å². The molecule has 1 N–H and O–H groups in total. The van der Waals surface area contributed by atoms with Crippen molar-refractivity contribution in [3.8, 4) is 0 Å². The van der Waals surface area contributed by atoms with Crippen molar-refractivity contribution in [3.63, 3.8) is 0 Å². The Morgan fingerprint density at radius 1 is 1.50 bits per heavy atom. The highest BCUT2D eigenvalue weighted by Crippen LogP contribution is 2.17. The Kier molecular flexibility index (Phi) is 6.09. The number of nitrogens with one attached hydrogen (secondary N) is 1. The lowest BCUT2D eigenvalue weighted by atomic mass is 10.1. The van der Waals surface area contributed by atoms with E-state index in [9.17, 15) is 9.18 Å². The van der Waals surface area contributed by atoms with E-state index in [0.717, 1.165) is 12.1 Å². The van der Waals surface area contributed by atoms with Crippen LogP contribution >= 0.6 is 11.6 Å². The Morgan fingerprint density at radius 2 is 2.17 bits per heavy atom. The fourth-order valence-electron chi connectivity index (χ4n) is 1.50. The Morgan fingerprint density at radius 3 is 2.56 bits per heavy atom. The van der Waals surface area contributed by atoms with Gasteiger partial charge < -0.3 is 10.1 Å². The third-order valence-corrected chi connectivity index (χ3v) is 2.62. The monoisotopic (exact) mass is 273 g/mol. The van der Waals surface area contributed by atoms with Crippen molar-refractivity contribution in [2.75, 3.05) is 13.1 Å². The topological polar surface area (TPSA) is 38.3 Å². The highest BCUT2D eigenvalue weighted by molar-refractivity contribution is 6.61. The quantitative estimate of drug-likeness (QED) is 0.841. The van der Waals surface area contributed by atoms with Crippen LogP contribution in [0.1, 0.15) is 18.9 Å². The minimum absolute atomic E-state index is 0.239. The average molecular weight is 274 g/mol. The molecule has 100 valence electrons. The van der Waals surface area contributed by atoms with Gasteiger partial charge in [0, 0.05) is 18.1 Å². The largest absolute Gasteiger partial charge is 0.449 e. The lowest BCUT2D eigenvalue weighted by Gasteiger charge is -2.07. The first-order chi connectivity index (χ1) is 8.49. The lowest BCUT2D eigenvalue weighted by molar-refractivity contribution is 0.167. The molecule has 0 radical (unpaired) electrons. The molecule has 0 spiro atoms. The second-order valence-electron chi connectivity index (χ2n) is 4.35. The summed E-state index contributed by atoms with van der Waals surface area (Å²) in [6, 6.07) is 9.36. The van der Waals surface area contributed by atoms with Crippen LogP contribution in [0.15, 0.2) is 30.3 Å². The van der Waals surface area contributed by atoms with Crippen molar-refractivity contribution in [3.05, 3.63) is 35.9 Å². The van der Waals surface area contributed by atoms with E-state index in [0.29, 0.717) is 13.0 Å². The van der Waals surface area contributed by atoms with Crippen LogP contribution in [0.4, 0.5) is 9.18 Å². The predicted molar refractivity (Wildman–Crippen MR) is 69.5 cm³/mol. The Hall–Kier alpha value is -1.13. The van der Waals surface area contributed by atoms with E-state index >= 15 is 0 Å². The third-order valence-electron chi connectivity index (χ3n) is 2.51. The molecule has 0 aliphatic carbocycles. The highest BCUT2D eigenvalue weighted by atomic mass is 35.5. The van der Waals surface area contributed by atoms with Crippen molar-refractivity contribution < 1.29 is 13.9 Å². The maximum absolute atomic E-state index is 12.5. The fraction of sp³-hybridized carbons (Fsp3) is 0.462. The van der Waals surface area contributed by atoms with Crippen LogP contribution in [-0.4, -0.2) is 24.2 Å². The normalized spacial score (nSPS) is 21.9. The van der Waals surface area contributed by atoms with Crippen LogP contribution in [0.3, 0.4) is 0 Å². The number of carbonyl (C=O) groups is 1. The van der Waals surface area contributed by atoms with E-state index in [1.165, 1.54) is 0 Å². The summed E-state index contributed by atoms with van der Waals surface area (Å²) in [6.07, 6.45) is 0.674. The first kappa shape index (κ1) is 14.9. The van der Waals surface area contributed by atoms with E-state index in [2.05, 4.69) is 10.1 Å². The van der Waals surface area contributed by atoms with Gasteiger partial charge in [0.2, 0.25) is 0 Å². The van der Waals surface area contributed by atoms with Gasteiger partial charge >= 0.3 is 5.43 Å². The molecule has 1 aromatic rings. The first-order valence-corrected chi connectivity index (χ1v) is 6.13. The lowest BCUT2D eigenvalue weighted by Crippen LogP contribution is -2.20. The maximum Gasteiger partial charge on any atom is 0.404 e. The van der Waals surface area contributed by atoms with E-state index in [-0.39, 0.29) is 6.61 Å². The zero-order valence-corrected chi connectivity index (χ0v) is 11.0. The second-order valence-corrected chi connectivity index (χ2v) is 4.66. The molecule has 1 aromatic carbocycles. The van der Waals surface area contributed by atoms with Crippen LogP contribution in [0, 0.1) is 0 Å². The summed E-state index contributed by atoms with van der Waals surface area (Å²) in [6.45, 7) is 3.25. The van der Waals surface area contributed by atoms with Crippen LogP contribution in [0.5, 0.6) is 0 Å². The third kappa shape index (κ3) is 6.57. The standard InChI is InChI=1S/C8H7ClO2.C5H10FN/c9-8(10)11-6-7-4-2-1-3-5-7;1-5(6)2-3-7-4-5/h1-5H,6H2;7H,2-4H2,1H3/t;5-/m.1/s1. The molecular weight excluding hydrogens is 257 g/mol. The zero-order chi connectivity index (χ0) is 13.4. The van der Waals surface area contributed by atoms with Gasteiger partial charge in [-0.25, -0.2) is 9.18 Å². The van der Waals surface area contributed by atoms with E-state index in [1.54, 1.807) is 6.92 Å². The van der Waals surface area contributed by atoms with Crippen LogP contribution in [0.2, 0.25) is 0 Å². The predicted octanol–water partition coefficient (Wildman–Crippen LogP) is 3.27. The van der Waals surface area contributed by atoms with Crippen molar-refractivity contribution in [2.24, 2.45) is 0 Å². The molecule has 1 heterocycles. The number of hydrogen-bond acceptors (Lipinski definition) is 3. The number of halogens is 2. The molecule has 1 saturated heterocycles. The highest BCUT2D eigenvalue weighted by Gasteiger charge is 2.26. The molecule has 0 unspecified atom stereocenters. The van der Waals surface area contributed by atoms with Gasteiger partial charge in [0.05, 0.1) is 0 Å². The number of ether oxygens (including phenoxy) is 1. The molecule has 1 aliphatic heterocycles. The summed E-state index contributed by atoms with van der Waals surface area (Å²) in [5, 5.41) is 2.94. The van der Waals surface area contributed by atoms with Crippen molar-refractivity contribution in [2.45, 2.75) is 25.6 Å². The summed E-state index contributed by atoms with van der Waals surface area (Å²) >= 11 is 4.97. The van der Waals surface area contributed by atoms with E-state index < -0.39 is 11.1 Å². The molecule has 0 saturated carbocycles. The maximum atomic E-state index is 12.5. The number of benzene rings is 1. The summed E-state index contributed by atoms with van der Waals surface area (Å²) in [5.74, 6) is 0. The van der Waals surface area contributed by atoms with Crippen molar-refractivity contribution in [1.82, 2.24) is 5.32 Å². The molecule has 0 bridgehead atoms. The van der Waals surface area contributed by atoms with Gasteiger partial charge in [-0.05, 0) is 25.5 Å². The smallest absolute Gasteiger partial charge is 0.404 e. The fourth-order valence-corrected chi connectivity index (χ4v) is 1.56. The number of rotatable bonds is 2. The zero-order valence-electron chi connectivity index (χ0n) is 10.3. The van der Waals surface area contributed by atoms with Gasteiger partial charge in [0.25, 0.3) is 0 Å². The Balaban J connectivity index is 0.000000199. The van der Waals surface area contributed by atoms with Crippen LogP contribution in [-0.2, 0) is 11.3 Å². The van der Waals surface area contributed by atoms with Crippen molar-refractivity contribution >= 4 is 17.0 Å². The van der Waals surface area contributed by atoms with Gasteiger partial charge in [0.15, 0.2) is 0 Å². The average Bonchev–Trinajstić information content (AvgIpc) is 2.73. The minimum Gasteiger partial charge on any atom is -0.449 e. The minimum atomic E-state index is -0.917. The van der Waals surface area contributed by atoms with Gasteiger partial charge in [-0.2, -0.15) is 0 Å². The first-order valence-electron chi connectivity index (χ1n) is 5.75. The van der Waals surface area contributed by atoms with Crippen molar-refractivity contribution in [1.29, 1.82) is 0 Å². The Labute approximate surface area is 111 Å². The number of carbonyl (C=O) groups excluding carboxylic acids is 1. The SMILES string of the molecule is C[C@@]1(F)CCNC1.O=C(Cl)OCc1ccccc1. The van der Waals surface area contributed by atoms with Gasteiger partial charge in [-0.15, -0.1) is 0 Å². The van der Waals surface area contributed by atoms with Gasteiger partial charge in [0.1, 0.15) is 12.3 Å². The number of alkyl halides is 1. The van der Waals surface area contributed by atoms with Gasteiger partial charge in [-0.3, -0.25) is 0 Å². The molecule has 0 aromatic heterocycles. The van der Waals surface area contributed by atoms with E-state index in [1.807, 2.05) is 30.3 Å². The Bertz CT molecular complexity index is 363. The molecule has 1 fully saturated rings. The summed E-state index contributed by atoms with van der Waals surface area (Å²) in [7, 11) is 0. The molecule has 0 amide bonds. The molecule has 5 heteroatoms. The summed E-state index contributed by atoms with van der Waals surface area (Å²) in [4.78, 5) is 10.2. The molecule has 18 heavy (non-hydrogen) atoms.